The zero-order valence-electron chi connectivity index (χ0n) is 12.4. The minimum absolute atomic E-state index is 0. The largest absolute Gasteiger partial charge is 0.337 e. The molecule has 1 amide bonds. The maximum atomic E-state index is 12.7. The van der Waals surface area contributed by atoms with Crippen molar-refractivity contribution in [3.05, 3.63) is 0 Å². The Balaban J connectivity index is 0.00000180. The Morgan fingerprint density at radius 1 is 1.05 bits per heavy atom. The fourth-order valence-corrected chi connectivity index (χ4v) is 3.31. The molecule has 112 valence electrons. The van der Waals surface area contributed by atoms with Crippen LogP contribution in [0.3, 0.4) is 0 Å². The first-order chi connectivity index (χ1) is 8.70. The number of hydrogen-bond donors (Lipinski definition) is 1. The molecule has 2 fully saturated rings. The highest BCUT2D eigenvalue weighted by Gasteiger charge is 2.32. The van der Waals surface area contributed by atoms with E-state index in [1.165, 1.54) is 32.1 Å². The lowest BCUT2D eigenvalue weighted by atomic mass is 9.89. The van der Waals surface area contributed by atoms with Crippen LogP contribution in [-0.2, 0) is 4.79 Å². The summed E-state index contributed by atoms with van der Waals surface area (Å²) < 4.78 is 0. The van der Waals surface area contributed by atoms with Gasteiger partial charge in [-0.05, 0) is 26.7 Å². The van der Waals surface area contributed by atoms with Crippen LogP contribution in [0.1, 0.15) is 58.8 Å². The zero-order chi connectivity index (χ0) is 13.0. The second-order valence-electron chi connectivity index (χ2n) is 6.06. The zero-order valence-corrected chi connectivity index (χ0v) is 13.2. The fourth-order valence-electron chi connectivity index (χ4n) is 3.31. The van der Waals surface area contributed by atoms with E-state index < -0.39 is 0 Å². The van der Waals surface area contributed by atoms with Crippen LogP contribution >= 0.6 is 12.4 Å². The van der Waals surface area contributed by atoms with Crippen LogP contribution < -0.4 is 5.32 Å². The van der Waals surface area contributed by atoms with E-state index in [2.05, 4.69) is 24.1 Å². The van der Waals surface area contributed by atoms with E-state index in [9.17, 15) is 4.79 Å². The molecule has 1 N–H and O–H groups in total. The van der Waals surface area contributed by atoms with Gasteiger partial charge in [0.2, 0.25) is 5.91 Å². The van der Waals surface area contributed by atoms with Gasteiger partial charge in [-0.25, -0.2) is 0 Å². The van der Waals surface area contributed by atoms with Gasteiger partial charge in [0.05, 0.1) is 0 Å². The second-order valence-corrected chi connectivity index (χ2v) is 6.06. The number of carbonyl (C=O) groups excluding carboxylic acids is 1. The van der Waals surface area contributed by atoms with E-state index in [1.807, 2.05) is 0 Å². The summed E-state index contributed by atoms with van der Waals surface area (Å²) in [7, 11) is 0. The van der Waals surface area contributed by atoms with Crippen molar-refractivity contribution in [3.8, 4) is 0 Å². The molecule has 0 aromatic heterocycles. The number of halogens is 1. The van der Waals surface area contributed by atoms with Crippen LogP contribution in [0.15, 0.2) is 0 Å². The molecule has 1 saturated heterocycles. The van der Waals surface area contributed by atoms with Crippen molar-refractivity contribution in [1.82, 2.24) is 10.2 Å². The van der Waals surface area contributed by atoms with Crippen molar-refractivity contribution in [2.45, 2.75) is 70.9 Å². The summed E-state index contributed by atoms with van der Waals surface area (Å²) in [6, 6.07) is 0.771. The molecule has 1 saturated carbocycles. The van der Waals surface area contributed by atoms with Crippen LogP contribution in [0.2, 0.25) is 0 Å². The molecule has 1 heterocycles. The third-order valence-electron chi connectivity index (χ3n) is 4.77. The molecule has 1 aliphatic carbocycles. The Morgan fingerprint density at radius 3 is 2.26 bits per heavy atom. The molecule has 0 radical (unpaired) electrons. The highest BCUT2D eigenvalue weighted by atomic mass is 35.5. The first-order valence-corrected chi connectivity index (χ1v) is 7.74. The summed E-state index contributed by atoms with van der Waals surface area (Å²) in [6.45, 7) is 6.20. The molecule has 2 atom stereocenters. The summed E-state index contributed by atoms with van der Waals surface area (Å²) in [4.78, 5) is 14.8. The van der Waals surface area contributed by atoms with Crippen molar-refractivity contribution < 1.29 is 4.79 Å². The van der Waals surface area contributed by atoms with Gasteiger partial charge in [0, 0.05) is 31.1 Å². The van der Waals surface area contributed by atoms with Crippen LogP contribution in [0.25, 0.3) is 0 Å². The van der Waals surface area contributed by atoms with E-state index >= 15 is 0 Å². The van der Waals surface area contributed by atoms with Gasteiger partial charge in [0.25, 0.3) is 0 Å². The van der Waals surface area contributed by atoms with Crippen molar-refractivity contribution in [1.29, 1.82) is 0 Å². The number of piperazine rings is 1. The Bertz CT molecular complexity index is 277. The predicted molar refractivity (Wildman–Crippen MR) is 81.7 cm³/mol. The number of rotatable bonds is 1. The molecule has 0 aromatic carbocycles. The number of nitrogens with one attached hydrogen (secondary N) is 1. The van der Waals surface area contributed by atoms with Crippen molar-refractivity contribution in [2.75, 3.05) is 13.1 Å². The molecule has 4 heteroatoms. The van der Waals surface area contributed by atoms with Gasteiger partial charge in [0.1, 0.15) is 0 Å². The lowest BCUT2D eigenvalue weighted by molar-refractivity contribution is -0.140. The van der Waals surface area contributed by atoms with Crippen molar-refractivity contribution in [2.24, 2.45) is 5.92 Å². The van der Waals surface area contributed by atoms with Crippen LogP contribution in [0.4, 0.5) is 0 Å². The summed E-state index contributed by atoms with van der Waals surface area (Å²) >= 11 is 0. The average Bonchev–Trinajstić information content (AvgIpc) is 2.31. The van der Waals surface area contributed by atoms with E-state index in [-0.39, 0.29) is 12.4 Å². The molecule has 0 bridgehead atoms. The van der Waals surface area contributed by atoms with E-state index in [1.54, 1.807) is 0 Å². The summed E-state index contributed by atoms with van der Waals surface area (Å²) in [6.07, 6.45) is 8.71. The maximum absolute atomic E-state index is 12.7. The van der Waals surface area contributed by atoms with Crippen molar-refractivity contribution >= 4 is 18.3 Å². The number of nitrogens with zero attached hydrogens (tertiary/aromatic N) is 1. The van der Waals surface area contributed by atoms with E-state index in [4.69, 9.17) is 0 Å². The molecular weight excluding hydrogens is 260 g/mol. The summed E-state index contributed by atoms with van der Waals surface area (Å²) in [5.74, 6) is 0.732. The van der Waals surface area contributed by atoms with E-state index in [0.29, 0.717) is 23.9 Å². The minimum Gasteiger partial charge on any atom is -0.337 e. The maximum Gasteiger partial charge on any atom is 0.226 e. The Hall–Kier alpha value is -0.280. The van der Waals surface area contributed by atoms with Gasteiger partial charge in [-0.1, -0.05) is 32.1 Å². The molecule has 2 rings (SSSR count). The smallest absolute Gasteiger partial charge is 0.226 e. The molecule has 3 nitrogen and oxygen atoms in total. The molecule has 1 aliphatic heterocycles. The molecule has 19 heavy (non-hydrogen) atoms. The topological polar surface area (TPSA) is 32.3 Å². The van der Waals surface area contributed by atoms with Crippen LogP contribution in [0, 0.1) is 5.92 Å². The lowest BCUT2D eigenvalue weighted by Crippen LogP contribution is -2.58. The molecule has 0 spiro atoms. The molecule has 0 aromatic rings. The monoisotopic (exact) mass is 288 g/mol. The lowest BCUT2D eigenvalue weighted by Gasteiger charge is -2.40. The van der Waals surface area contributed by atoms with Gasteiger partial charge in [-0.2, -0.15) is 0 Å². The first kappa shape index (κ1) is 16.8. The Morgan fingerprint density at radius 2 is 1.63 bits per heavy atom. The van der Waals surface area contributed by atoms with Crippen molar-refractivity contribution in [3.63, 3.8) is 0 Å². The van der Waals surface area contributed by atoms with Crippen LogP contribution in [-0.4, -0.2) is 36.0 Å². The quantitative estimate of drug-likeness (QED) is 0.804. The van der Waals surface area contributed by atoms with Gasteiger partial charge < -0.3 is 10.2 Å². The molecular formula is C15H29ClN2O. The van der Waals surface area contributed by atoms with Gasteiger partial charge in [-0.15, -0.1) is 12.4 Å². The molecule has 2 unspecified atom stereocenters. The predicted octanol–water partition coefficient (Wildman–Crippen LogP) is 2.98. The number of hydrogen-bond acceptors (Lipinski definition) is 2. The third-order valence-corrected chi connectivity index (χ3v) is 4.77. The fraction of sp³-hybridized carbons (Fsp3) is 0.933. The van der Waals surface area contributed by atoms with E-state index in [0.717, 1.165) is 25.9 Å². The average molecular weight is 289 g/mol. The first-order valence-electron chi connectivity index (χ1n) is 7.74. The van der Waals surface area contributed by atoms with Crippen LogP contribution in [0.5, 0.6) is 0 Å². The number of amides is 1. The Labute approximate surface area is 123 Å². The van der Waals surface area contributed by atoms with Gasteiger partial charge in [0.15, 0.2) is 0 Å². The second kappa shape index (κ2) is 8.11. The summed E-state index contributed by atoms with van der Waals surface area (Å²) in [5.41, 5.74) is 0. The highest BCUT2D eigenvalue weighted by Crippen LogP contribution is 2.25. The highest BCUT2D eigenvalue weighted by molar-refractivity contribution is 5.85. The van der Waals surface area contributed by atoms with Gasteiger partial charge in [-0.3, -0.25) is 4.79 Å². The normalized spacial score (nSPS) is 30.1. The molecule has 2 aliphatic rings. The minimum atomic E-state index is 0. The Kier molecular flexibility index (Phi) is 7.16. The summed E-state index contributed by atoms with van der Waals surface area (Å²) in [5, 5.41) is 3.45. The third kappa shape index (κ3) is 4.35. The van der Waals surface area contributed by atoms with Gasteiger partial charge >= 0.3 is 0 Å². The standard InChI is InChI=1S/C15H28N2O.ClH/c1-12-13(2)17(11-10-16-12)15(18)14-8-6-4-3-5-7-9-14;/h12-14,16H,3-11H2,1-2H3;1H. The number of carbonyl (C=O) groups is 1. The SMILES string of the molecule is CC1NCCN(C(=O)C2CCCCCCC2)C1C.Cl.